The van der Waals surface area contributed by atoms with Crippen LogP contribution in [0.3, 0.4) is 0 Å². The standard InChI is InChI=1S/C12H9F3O2/c1-7(16)4-8-2-3-10-9(5-8)6-11(17-10)12(13,14)15/h2-3,5-6H,4H2,1H3. The molecule has 1 heterocycles. The molecule has 0 saturated carbocycles. The second-order valence-corrected chi connectivity index (χ2v) is 3.86. The SMILES string of the molecule is CC(=O)Cc1ccc2oc(C(F)(F)F)cc2c1. The monoisotopic (exact) mass is 242 g/mol. The zero-order valence-corrected chi connectivity index (χ0v) is 8.97. The number of rotatable bonds is 2. The number of hydrogen-bond donors (Lipinski definition) is 0. The summed E-state index contributed by atoms with van der Waals surface area (Å²) in [6.45, 7) is 1.43. The van der Waals surface area contributed by atoms with Gasteiger partial charge in [0, 0.05) is 11.8 Å². The van der Waals surface area contributed by atoms with E-state index in [4.69, 9.17) is 0 Å². The van der Waals surface area contributed by atoms with Crippen molar-refractivity contribution in [2.45, 2.75) is 19.5 Å². The van der Waals surface area contributed by atoms with Gasteiger partial charge in [0.2, 0.25) is 5.76 Å². The molecule has 17 heavy (non-hydrogen) atoms. The first-order valence-corrected chi connectivity index (χ1v) is 4.95. The third kappa shape index (κ3) is 2.49. The zero-order chi connectivity index (χ0) is 12.6. The van der Waals surface area contributed by atoms with Crippen molar-refractivity contribution in [3.63, 3.8) is 0 Å². The molecule has 5 heteroatoms. The van der Waals surface area contributed by atoms with Crippen LogP contribution in [0.1, 0.15) is 18.2 Å². The highest BCUT2D eigenvalue weighted by atomic mass is 19.4. The molecule has 0 aliphatic heterocycles. The molecule has 0 amide bonds. The summed E-state index contributed by atoms with van der Waals surface area (Å²) in [7, 11) is 0. The molecule has 0 saturated heterocycles. The number of hydrogen-bond acceptors (Lipinski definition) is 2. The Hall–Kier alpha value is -1.78. The van der Waals surface area contributed by atoms with E-state index in [1.54, 1.807) is 6.07 Å². The molecule has 0 aliphatic rings. The summed E-state index contributed by atoms with van der Waals surface area (Å²) in [5, 5.41) is 0.357. The van der Waals surface area contributed by atoms with Crippen LogP contribution in [0.4, 0.5) is 13.2 Å². The number of Topliss-reactive ketones (excluding diaryl/α,β-unsaturated/α-hetero) is 1. The number of carbonyl (C=O) groups is 1. The second kappa shape index (κ2) is 3.91. The van der Waals surface area contributed by atoms with Crippen molar-refractivity contribution in [3.05, 3.63) is 35.6 Å². The molecule has 2 rings (SSSR count). The van der Waals surface area contributed by atoms with E-state index in [0.29, 0.717) is 10.9 Å². The van der Waals surface area contributed by atoms with Gasteiger partial charge in [0.1, 0.15) is 11.4 Å². The fraction of sp³-hybridized carbons (Fsp3) is 0.250. The van der Waals surface area contributed by atoms with Gasteiger partial charge in [-0.2, -0.15) is 13.2 Å². The second-order valence-electron chi connectivity index (χ2n) is 3.86. The van der Waals surface area contributed by atoms with Crippen molar-refractivity contribution < 1.29 is 22.4 Å². The van der Waals surface area contributed by atoms with Crippen molar-refractivity contribution in [3.8, 4) is 0 Å². The Kier molecular flexibility index (Phi) is 2.69. The Bertz CT molecular complexity index is 567. The third-order valence-corrected chi connectivity index (χ3v) is 2.31. The van der Waals surface area contributed by atoms with Gasteiger partial charge >= 0.3 is 6.18 Å². The highest BCUT2D eigenvalue weighted by Gasteiger charge is 2.35. The number of benzene rings is 1. The van der Waals surface area contributed by atoms with E-state index < -0.39 is 11.9 Å². The van der Waals surface area contributed by atoms with Crippen LogP contribution in [0.5, 0.6) is 0 Å². The first-order valence-electron chi connectivity index (χ1n) is 4.95. The summed E-state index contributed by atoms with van der Waals surface area (Å²) in [6, 6.07) is 5.52. The van der Waals surface area contributed by atoms with Crippen LogP contribution in [0.2, 0.25) is 0 Å². The Labute approximate surface area is 95.0 Å². The lowest BCUT2D eigenvalue weighted by molar-refractivity contribution is -0.152. The van der Waals surface area contributed by atoms with Gasteiger partial charge in [0.05, 0.1) is 0 Å². The molecule has 0 unspecified atom stereocenters. The van der Waals surface area contributed by atoms with E-state index in [1.165, 1.54) is 19.1 Å². The molecular weight excluding hydrogens is 233 g/mol. The van der Waals surface area contributed by atoms with Gasteiger partial charge in [-0.05, 0) is 30.7 Å². The number of furan rings is 1. The molecule has 0 atom stereocenters. The Morgan fingerprint density at radius 2 is 2.00 bits per heavy atom. The predicted molar refractivity (Wildman–Crippen MR) is 55.6 cm³/mol. The number of fused-ring (bicyclic) bond motifs is 1. The van der Waals surface area contributed by atoms with Gasteiger partial charge in [0.25, 0.3) is 0 Å². The van der Waals surface area contributed by atoms with Gasteiger partial charge in [-0.1, -0.05) is 6.07 Å². The largest absolute Gasteiger partial charge is 0.452 e. The topological polar surface area (TPSA) is 30.2 Å². The average molecular weight is 242 g/mol. The maximum absolute atomic E-state index is 12.4. The lowest BCUT2D eigenvalue weighted by Gasteiger charge is -1.98. The number of ketones is 1. The normalized spacial score (nSPS) is 12.0. The molecule has 2 aromatic rings. The van der Waals surface area contributed by atoms with Gasteiger partial charge in [0.15, 0.2) is 0 Å². The van der Waals surface area contributed by atoms with Crippen LogP contribution in [0.15, 0.2) is 28.7 Å². The van der Waals surface area contributed by atoms with E-state index in [0.717, 1.165) is 6.07 Å². The van der Waals surface area contributed by atoms with E-state index in [2.05, 4.69) is 4.42 Å². The van der Waals surface area contributed by atoms with E-state index >= 15 is 0 Å². The molecule has 90 valence electrons. The molecule has 0 fully saturated rings. The van der Waals surface area contributed by atoms with E-state index in [-0.39, 0.29) is 17.8 Å². The summed E-state index contributed by atoms with van der Waals surface area (Å²) in [5.74, 6) is -1.06. The molecule has 1 aromatic heterocycles. The lowest BCUT2D eigenvalue weighted by Crippen LogP contribution is -2.01. The fourth-order valence-corrected chi connectivity index (χ4v) is 1.63. The Morgan fingerprint density at radius 1 is 1.29 bits per heavy atom. The van der Waals surface area contributed by atoms with Crippen molar-refractivity contribution in [2.24, 2.45) is 0 Å². The molecule has 0 N–H and O–H groups in total. The Balaban J connectivity index is 2.44. The molecule has 0 aliphatic carbocycles. The van der Waals surface area contributed by atoms with Crippen LogP contribution in [-0.4, -0.2) is 5.78 Å². The maximum atomic E-state index is 12.4. The van der Waals surface area contributed by atoms with Gasteiger partial charge in [-0.3, -0.25) is 4.79 Å². The third-order valence-electron chi connectivity index (χ3n) is 2.31. The minimum atomic E-state index is -4.49. The van der Waals surface area contributed by atoms with E-state index in [1.807, 2.05) is 0 Å². The molecule has 0 radical (unpaired) electrons. The predicted octanol–water partition coefficient (Wildman–Crippen LogP) is 3.58. The van der Waals surface area contributed by atoms with Crippen LogP contribution in [-0.2, 0) is 17.4 Å². The first kappa shape index (κ1) is 11.7. The van der Waals surface area contributed by atoms with Gasteiger partial charge in [-0.15, -0.1) is 0 Å². The highest BCUT2D eigenvalue weighted by molar-refractivity contribution is 5.82. The summed E-state index contributed by atoms with van der Waals surface area (Å²) in [5.41, 5.74) is 0.851. The highest BCUT2D eigenvalue weighted by Crippen LogP contribution is 2.33. The number of carbonyl (C=O) groups excluding carboxylic acids is 1. The smallest absolute Gasteiger partial charge is 0.449 e. The van der Waals surface area contributed by atoms with Crippen LogP contribution in [0, 0.1) is 0 Å². The van der Waals surface area contributed by atoms with Crippen LogP contribution < -0.4 is 0 Å². The molecule has 0 spiro atoms. The summed E-state index contributed by atoms with van der Waals surface area (Å²) in [6.07, 6.45) is -4.28. The zero-order valence-electron chi connectivity index (χ0n) is 8.97. The van der Waals surface area contributed by atoms with Gasteiger partial charge in [-0.25, -0.2) is 0 Å². The van der Waals surface area contributed by atoms with Crippen molar-refractivity contribution in [2.75, 3.05) is 0 Å². The van der Waals surface area contributed by atoms with Gasteiger partial charge < -0.3 is 4.42 Å². The number of halogens is 3. The molecule has 1 aromatic carbocycles. The molecule has 2 nitrogen and oxygen atoms in total. The van der Waals surface area contributed by atoms with Crippen molar-refractivity contribution in [1.82, 2.24) is 0 Å². The summed E-state index contributed by atoms with van der Waals surface area (Å²) < 4.78 is 41.8. The fourth-order valence-electron chi connectivity index (χ4n) is 1.63. The van der Waals surface area contributed by atoms with Crippen molar-refractivity contribution in [1.29, 1.82) is 0 Å². The Morgan fingerprint density at radius 3 is 2.59 bits per heavy atom. The van der Waals surface area contributed by atoms with Crippen molar-refractivity contribution >= 4 is 16.8 Å². The average Bonchev–Trinajstić information content (AvgIpc) is 2.58. The lowest BCUT2D eigenvalue weighted by atomic mass is 10.1. The first-order chi connectivity index (χ1) is 7.86. The minimum absolute atomic E-state index is 0.0381. The minimum Gasteiger partial charge on any atom is -0.452 e. The van der Waals surface area contributed by atoms with E-state index in [9.17, 15) is 18.0 Å². The van der Waals surface area contributed by atoms with Crippen LogP contribution >= 0.6 is 0 Å². The molecular formula is C12H9F3O2. The quantitative estimate of drug-likeness (QED) is 0.805. The molecule has 0 bridgehead atoms. The number of alkyl halides is 3. The maximum Gasteiger partial charge on any atom is 0.449 e. The summed E-state index contributed by atoms with van der Waals surface area (Å²) in [4.78, 5) is 10.9. The van der Waals surface area contributed by atoms with Crippen LogP contribution in [0.25, 0.3) is 11.0 Å². The summed E-state index contributed by atoms with van der Waals surface area (Å²) >= 11 is 0.